The second kappa shape index (κ2) is 6.38. The van der Waals surface area contributed by atoms with Crippen molar-refractivity contribution in [2.75, 3.05) is 7.11 Å². The summed E-state index contributed by atoms with van der Waals surface area (Å²) in [4.78, 5) is 4.25. The molecule has 108 valence electrons. The molecular weight excluding hydrogens is 258 g/mol. The zero-order chi connectivity index (χ0) is 14.5. The van der Waals surface area contributed by atoms with E-state index in [0.29, 0.717) is 29.8 Å². The van der Waals surface area contributed by atoms with Crippen molar-refractivity contribution in [3.8, 4) is 11.5 Å². The molecule has 0 bridgehead atoms. The molecule has 1 aromatic heterocycles. The summed E-state index contributed by atoms with van der Waals surface area (Å²) in [6.07, 6.45) is 0. The number of nitrogens with zero attached hydrogens (tertiary/aromatic N) is 2. The largest absolute Gasteiger partial charge is 0.493 e. The van der Waals surface area contributed by atoms with E-state index in [1.54, 1.807) is 7.11 Å². The smallest absolute Gasteiger partial charge is 0.264 e. The van der Waals surface area contributed by atoms with Crippen molar-refractivity contribution >= 4 is 0 Å². The Kier molecular flexibility index (Phi) is 4.57. The van der Waals surface area contributed by atoms with E-state index in [1.807, 2.05) is 32.0 Å². The fourth-order valence-corrected chi connectivity index (χ4v) is 1.66. The van der Waals surface area contributed by atoms with E-state index >= 15 is 0 Å². The number of ether oxygens (including phenoxy) is 2. The quantitative estimate of drug-likeness (QED) is 0.871. The molecule has 0 saturated heterocycles. The van der Waals surface area contributed by atoms with E-state index in [1.165, 1.54) is 0 Å². The number of hydrogen-bond donors (Lipinski definition) is 1. The van der Waals surface area contributed by atoms with Gasteiger partial charge in [-0.1, -0.05) is 25.1 Å². The first-order chi connectivity index (χ1) is 9.63. The van der Waals surface area contributed by atoms with Crippen LogP contribution in [-0.4, -0.2) is 17.3 Å². The third kappa shape index (κ3) is 3.27. The lowest BCUT2D eigenvalue weighted by atomic mass is 10.2. The van der Waals surface area contributed by atoms with Gasteiger partial charge in [-0.3, -0.25) is 0 Å². The van der Waals surface area contributed by atoms with Gasteiger partial charge in [-0.25, -0.2) is 0 Å². The minimum absolute atomic E-state index is 0.199. The Hall–Kier alpha value is -2.08. The van der Waals surface area contributed by atoms with Crippen molar-refractivity contribution in [1.82, 2.24) is 10.1 Å². The molecule has 2 aromatic rings. The molecule has 6 heteroatoms. The maximum absolute atomic E-state index is 5.67. The number of methoxy groups -OCH3 is 1. The molecule has 1 heterocycles. The van der Waals surface area contributed by atoms with Gasteiger partial charge in [-0.15, -0.1) is 0 Å². The van der Waals surface area contributed by atoms with Crippen LogP contribution in [0.3, 0.4) is 0 Å². The maximum Gasteiger partial charge on any atom is 0.264 e. The van der Waals surface area contributed by atoms with Gasteiger partial charge in [0.25, 0.3) is 5.89 Å². The molecule has 0 aliphatic heterocycles. The summed E-state index contributed by atoms with van der Waals surface area (Å²) in [5.74, 6) is 2.59. The molecule has 2 N–H and O–H groups in total. The first-order valence-electron chi connectivity index (χ1n) is 6.46. The summed E-state index contributed by atoms with van der Waals surface area (Å²) >= 11 is 0. The predicted molar refractivity (Wildman–Crippen MR) is 73.6 cm³/mol. The molecule has 0 amide bonds. The number of nitrogens with two attached hydrogens (primary N) is 1. The second-order valence-electron chi connectivity index (χ2n) is 4.68. The molecule has 0 unspecified atom stereocenters. The number of hydrogen-bond acceptors (Lipinski definition) is 6. The summed E-state index contributed by atoms with van der Waals surface area (Å²) in [6.45, 7) is 4.65. The van der Waals surface area contributed by atoms with Gasteiger partial charge in [-0.05, 0) is 17.7 Å². The van der Waals surface area contributed by atoms with E-state index in [2.05, 4.69) is 10.1 Å². The Balaban J connectivity index is 2.09. The Morgan fingerprint density at radius 1 is 1.30 bits per heavy atom. The van der Waals surface area contributed by atoms with Crippen LogP contribution in [0.4, 0.5) is 0 Å². The fraction of sp³-hybridized carbons (Fsp3) is 0.429. The van der Waals surface area contributed by atoms with E-state index in [9.17, 15) is 0 Å². The van der Waals surface area contributed by atoms with Gasteiger partial charge in [0.05, 0.1) is 7.11 Å². The van der Waals surface area contributed by atoms with Crippen LogP contribution in [0, 0.1) is 0 Å². The number of aromatic nitrogens is 2. The first kappa shape index (κ1) is 14.3. The van der Waals surface area contributed by atoms with E-state index in [0.717, 1.165) is 5.56 Å². The van der Waals surface area contributed by atoms with Crippen LogP contribution < -0.4 is 15.2 Å². The van der Waals surface area contributed by atoms with Gasteiger partial charge in [0, 0.05) is 12.5 Å². The average molecular weight is 277 g/mol. The van der Waals surface area contributed by atoms with E-state index in [-0.39, 0.29) is 12.5 Å². The number of rotatable bonds is 6. The van der Waals surface area contributed by atoms with Crippen molar-refractivity contribution in [3.63, 3.8) is 0 Å². The molecule has 20 heavy (non-hydrogen) atoms. The molecule has 0 atom stereocenters. The van der Waals surface area contributed by atoms with Crippen molar-refractivity contribution < 1.29 is 14.0 Å². The molecular formula is C14H19N3O3. The van der Waals surface area contributed by atoms with Crippen LogP contribution in [0.2, 0.25) is 0 Å². The number of benzene rings is 1. The van der Waals surface area contributed by atoms with Gasteiger partial charge in [0.1, 0.15) is 0 Å². The highest BCUT2D eigenvalue weighted by molar-refractivity contribution is 5.42. The van der Waals surface area contributed by atoms with Crippen LogP contribution >= 0.6 is 0 Å². The summed E-state index contributed by atoms with van der Waals surface area (Å²) in [5.41, 5.74) is 6.58. The minimum atomic E-state index is 0.199. The zero-order valence-corrected chi connectivity index (χ0v) is 11.9. The van der Waals surface area contributed by atoms with Crippen LogP contribution in [-0.2, 0) is 13.2 Å². The summed E-state index contributed by atoms with van der Waals surface area (Å²) in [6, 6.07) is 5.57. The Labute approximate surface area is 117 Å². The Morgan fingerprint density at radius 2 is 2.10 bits per heavy atom. The fourth-order valence-electron chi connectivity index (χ4n) is 1.66. The highest BCUT2D eigenvalue weighted by atomic mass is 16.5. The van der Waals surface area contributed by atoms with Crippen molar-refractivity contribution in [3.05, 3.63) is 35.5 Å². The molecule has 0 radical (unpaired) electrons. The Bertz CT molecular complexity index is 567. The van der Waals surface area contributed by atoms with Gasteiger partial charge in [0.15, 0.2) is 23.9 Å². The molecule has 2 rings (SSSR count). The predicted octanol–water partition coefficient (Wildman–Crippen LogP) is 2.24. The van der Waals surface area contributed by atoms with Crippen LogP contribution in [0.15, 0.2) is 22.7 Å². The lowest BCUT2D eigenvalue weighted by Gasteiger charge is -2.10. The van der Waals surface area contributed by atoms with Crippen LogP contribution in [0.25, 0.3) is 0 Å². The summed E-state index contributed by atoms with van der Waals surface area (Å²) < 4.78 is 16.0. The highest BCUT2D eigenvalue weighted by Gasteiger charge is 2.12. The highest BCUT2D eigenvalue weighted by Crippen LogP contribution is 2.28. The van der Waals surface area contributed by atoms with Crippen molar-refractivity contribution in [2.45, 2.75) is 32.9 Å². The Morgan fingerprint density at radius 3 is 2.70 bits per heavy atom. The van der Waals surface area contributed by atoms with Gasteiger partial charge in [-0.2, -0.15) is 4.98 Å². The normalized spacial score (nSPS) is 10.8. The van der Waals surface area contributed by atoms with Gasteiger partial charge in [0.2, 0.25) is 0 Å². The van der Waals surface area contributed by atoms with Gasteiger partial charge >= 0.3 is 0 Å². The lowest BCUT2D eigenvalue weighted by Crippen LogP contribution is -2.01. The first-order valence-corrected chi connectivity index (χ1v) is 6.46. The molecule has 6 nitrogen and oxygen atoms in total. The molecule has 0 aliphatic carbocycles. The van der Waals surface area contributed by atoms with Crippen molar-refractivity contribution in [2.24, 2.45) is 5.73 Å². The maximum atomic E-state index is 5.67. The summed E-state index contributed by atoms with van der Waals surface area (Å²) in [7, 11) is 1.59. The third-order valence-corrected chi connectivity index (χ3v) is 2.82. The van der Waals surface area contributed by atoms with E-state index in [4.69, 9.17) is 19.7 Å². The third-order valence-electron chi connectivity index (χ3n) is 2.82. The van der Waals surface area contributed by atoms with Crippen LogP contribution in [0.5, 0.6) is 11.5 Å². The molecule has 0 fully saturated rings. The standard InChI is InChI=1S/C14H19N3O3/c1-9(2)14-16-13(20-17-14)8-19-12-6-10(7-15)4-5-11(12)18-3/h4-6,9H,7-8,15H2,1-3H3. The molecule has 0 aliphatic rings. The topological polar surface area (TPSA) is 83.4 Å². The van der Waals surface area contributed by atoms with Gasteiger partial charge < -0.3 is 19.7 Å². The zero-order valence-electron chi connectivity index (χ0n) is 11.9. The second-order valence-corrected chi connectivity index (χ2v) is 4.68. The monoisotopic (exact) mass is 277 g/mol. The summed E-state index contributed by atoms with van der Waals surface area (Å²) in [5, 5.41) is 3.89. The van der Waals surface area contributed by atoms with Crippen molar-refractivity contribution in [1.29, 1.82) is 0 Å². The molecule has 0 spiro atoms. The molecule has 1 aromatic carbocycles. The minimum Gasteiger partial charge on any atom is -0.493 e. The van der Waals surface area contributed by atoms with Crippen LogP contribution in [0.1, 0.15) is 37.0 Å². The molecule has 0 saturated carbocycles. The lowest BCUT2D eigenvalue weighted by molar-refractivity contribution is 0.233. The SMILES string of the molecule is COc1ccc(CN)cc1OCc1nc(C(C)C)no1. The average Bonchev–Trinajstić information content (AvgIpc) is 2.93. The van der Waals surface area contributed by atoms with E-state index < -0.39 is 0 Å².